The van der Waals surface area contributed by atoms with Crippen molar-refractivity contribution in [3.8, 4) is 0 Å². The summed E-state index contributed by atoms with van der Waals surface area (Å²) in [5.74, 6) is -0.924. The predicted octanol–water partition coefficient (Wildman–Crippen LogP) is 2.55. The first-order chi connectivity index (χ1) is 12.1. The fourth-order valence-electron chi connectivity index (χ4n) is 2.74. The summed E-state index contributed by atoms with van der Waals surface area (Å²) >= 11 is 1.22. The van der Waals surface area contributed by atoms with Gasteiger partial charge in [-0.05, 0) is 30.3 Å². The molecule has 0 aliphatic carbocycles. The Bertz CT molecular complexity index is 935. The van der Waals surface area contributed by atoms with E-state index in [0.717, 1.165) is 21.5 Å². The molecule has 0 saturated heterocycles. The van der Waals surface area contributed by atoms with Gasteiger partial charge in [0.25, 0.3) is 0 Å². The maximum Gasteiger partial charge on any atom is 0.337 e. The standard InChI is InChI=1S/C17H14N4O3S/c22-16(23)15-19-13-6-8-21(9-14(13)25-15)17(24)20-12-5-1-4-11-10(12)3-2-7-18-11/h1-8,15,19H,9H2,(H,20,24)(H,22,23). The van der Waals surface area contributed by atoms with Crippen molar-refractivity contribution in [3.63, 3.8) is 0 Å². The van der Waals surface area contributed by atoms with E-state index in [1.165, 1.54) is 16.7 Å². The number of carboxylic acids is 1. The highest BCUT2D eigenvalue weighted by atomic mass is 32.2. The molecule has 2 aromatic rings. The number of aliphatic carboxylic acids is 1. The van der Waals surface area contributed by atoms with E-state index in [-0.39, 0.29) is 6.03 Å². The number of carboxylic acid groups (broad SMARTS) is 1. The first kappa shape index (κ1) is 15.5. The van der Waals surface area contributed by atoms with Gasteiger partial charge < -0.3 is 15.7 Å². The average Bonchev–Trinajstić information content (AvgIpc) is 3.05. The first-order valence-electron chi connectivity index (χ1n) is 7.60. The van der Waals surface area contributed by atoms with Gasteiger partial charge in [-0.3, -0.25) is 9.88 Å². The number of carbonyl (C=O) groups is 2. The fourth-order valence-corrected chi connectivity index (χ4v) is 3.78. The number of hydrogen-bond donors (Lipinski definition) is 3. The quantitative estimate of drug-likeness (QED) is 0.767. The van der Waals surface area contributed by atoms with Gasteiger partial charge in [-0.2, -0.15) is 0 Å². The van der Waals surface area contributed by atoms with E-state index in [4.69, 9.17) is 5.11 Å². The summed E-state index contributed by atoms with van der Waals surface area (Å²) in [5.41, 5.74) is 2.25. The van der Waals surface area contributed by atoms with E-state index >= 15 is 0 Å². The number of rotatable bonds is 2. The van der Waals surface area contributed by atoms with Crippen LogP contribution in [-0.4, -0.2) is 38.9 Å². The summed E-state index contributed by atoms with van der Waals surface area (Å²) in [4.78, 5) is 30.3. The number of benzene rings is 1. The highest BCUT2D eigenvalue weighted by Crippen LogP contribution is 2.34. The minimum Gasteiger partial charge on any atom is -0.479 e. The Hall–Kier alpha value is -3.00. The summed E-state index contributed by atoms with van der Waals surface area (Å²) in [5, 5.41) is 15.1. The van der Waals surface area contributed by atoms with E-state index in [9.17, 15) is 9.59 Å². The van der Waals surface area contributed by atoms with Crippen LogP contribution >= 0.6 is 11.8 Å². The van der Waals surface area contributed by atoms with Gasteiger partial charge in [-0.1, -0.05) is 17.8 Å². The lowest BCUT2D eigenvalue weighted by Gasteiger charge is -2.23. The second-order valence-corrected chi connectivity index (χ2v) is 6.77. The SMILES string of the molecule is O=C(O)C1NC2=C(CN(C(=O)Nc3cccc4ncccc34)C=C2)S1. The van der Waals surface area contributed by atoms with Crippen LogP contribution in [0.2, 0.25) is 0 Å². The third-order valence-electron chi connectivity index (χ3n) is 3.95. The zero-order chi connectivity index (χ0) is 17.4. The number of nitrogens with zero attached hydrogens (tertiary/aromatic N) is 2. The minimum atomic E-state index is -0.924. The van der Waals surface area contributed by atoms with Crippen LogP contribution in [0.3, 0.4) is 0 Å². The van der Waals surface area contributed by atoms with Gasteiger partial charge in [0.05, 0.1) is 17.7 Å². The smallest absolute Gasteiger partial charge is 0.337 e. The van der Waals surface area contributed by atoms with Crippen LogP contribution in [0.4, 0.5) is 10.5 Å². The van der Waals surface area contributed by atoms with Gasteiger partial charge in [-0.25, -0.2) is 9.59 Å². The summed E-state index contributed by atoms with van der Waals surface area (Å²) in [6, 6.07) is 8.99. The molecule has 0 spiro atoms. The predicted molar refractivity (Wildman–Crippen MR) is 95.8 cm³/mol. The highest BCUT2D eigenvalue weighted by Gasteiger charge is 2.32. The largest absolute Gasteiger partial charge is 0.479 e. The molecule has 0 bridgehead atoms. The van der Waals surface area contributed by atoms with Gasteiger partial charge in [0, 0.05) is 28.4 Å². The molecule has 126 valence electrons. The average molecular weight is 354 g/mol. The van der Waals surface area contributed by atoms with Crippen LogP contribution in [0.25, 0.3) is 10.9 Å². The highest BCUT2D eigenvalue weighted by molar-refractivity contribution is 8.04. The zero-order valence-electron chi connectivity index (χ0n) is 13.0. The molecule has 25 heavy (non-hydrogen) atoms. The Balaban J connectivity index is 1.50. The van der Waals surface area contributed by atoms with Crippen LogP contribution in [-0.2, 0) is 4.79 Å². The number of nitrogens with one attached hydrogen (secondary N) is 2. The van der Waals surface area contributed by atoms with Crippen molar-refractivity contribution in [3.05, 3.63) is 59.4 Å². The van der Waals surface area contributed by atoms with Crippen LogP contribution in [0.1, 0.15) is 0 Å². The second kappa shape index (κ2) is 6.14. The monoisotopic (exact) mass is 354 g/mol. The molecule has 1 unspecified atom stereocenters. The minimum absolute atomic E-state index is 0.279. The number of anilines is 1. The molecule has 1 aromatic heterocycles. The van der Waals surface area contributed by atoms with Crippen molar-refractivity contribution in [2.45, 2.75) is 5.37 Å². The van der Waals surface area contributed by atoms with E-state index in [1.54, 1.807) is 18.5 Å². The van der Waals surface area contributed by atoms with Gasteiger partial charge in [0.2, 0.25) is 0 Å². The van der Waals surface area contributed by atoms with Gasteiger partial charge >= 0.3 is 12.0 Å². The molecule has 1 atom stereocenters. The topological polar surface area (TPSA) is 94.6 Å². The van der Waals surface area contributed by atoms with Crippen LogP contribution < -0.4 is 10.6 Å². The molecule has 4 rings (SSSR count). The number of fused-ring (bicyclic) bond motifs is 1. The lowest BCUT2D eigenvalue weighted by atomic mass is 10.2. The molecule has 2 aliphatic rings. The molecular weight excluding hydrogens is 340 g/mol. The number of amides is 2. The van der Waals surface area contributed by atoms with Crippen molar-refractivity contribution in [1.29, 1.82) is 0 Å². The first-order valence-corrected chi connectivity index (χ1v) is 8.48. The Kier molecular flexibility index (Phi) is 3.81. The third-order valence-corrected chi connectivity index (χ3v) is 5.14. The molecular formula is C17H14N4O3S. The molecule has 0 saturated carbocycles. The number of allylic oxidation sites excluding steroid dienone is 1. The number of pyridine rings is 1. The molecule has 8 heteroatoms. The lowest BCUT2D eigenvalue weighted by Crippen LogP contribution is -2.33. The lowest BCUT2D eigenvalue weighted by molar-refractivity contribution is -0.136. The maximum absolute atomic E-state index is 12.6. The van der Waals surface area contributed by atoms with E-state index < -0.39 is 11.3 Å². The third kappa shape index (κ3) is 2.91. The number of carbonyl (C=O) groups excluding carboxylic acids is 1. The molecule has 2 amide bonds. The van der Waals surface area contributed by atoms with E-state index in [2.05, 4.69) is 15.6 Å². The zero-order valence-corrected chi connectivity index (χ0v) is 13.8. The Morgan fingerprint density at radius 1 is 1.32 bits per heavy atom. The summed E-state index contributed by atoms with van der Waals surface area (Å²) in [6.07, 6.45) is 5.08. The molecule has 1 aromatic carbocycles. The summed E-state index contributed by atoms with van der Waals surface area (Å²) < 4.78 is 0. The fraction of sp³-hybridized carbons (Fsp3) is 0.118. The van der Waals surface area contributed by atoms with Crippen molar-refractivity contribution < 1.29 is 14.7 Å². The van der Waals surface area contributed by atoms with Crippen molar-refractivity contribution >= 4 is 40.4 Å². The number of hydrogen-bond acceptors (Lipinski definition) is 5. The van der Waals surface area contributed by atoms with Gasteiger partial charge in [0.15, 0.2) is 5.37 Å². The van der Waals surface area contributed by atoms with Gasteiger partial charge in [0.1, 0.15) is 0 Å². The number of urea groups is 1. The maximum atomic E-state index is 12.6. The number of aromatic nitrogens is 1. The summed E-state index contributed by atoms with van der Waals surface area (Å²) in [7, 11) is 0. The van der Waals surface area contributed by atoms with Crippen LogP contribution in [0.5, 0.6) is 0 Å². The molecule has 2 aliphatic heterocycles. The van der Waals surface area contributed by atoms with Crippen molar-refractivity contribution in [2.75, 3.05) is 11.9 Å². The van der Waals surface area contributed by atoms with Crippen LogP contribution in [0.15, 0.2) is 59.4 Å². The Labute approximate surface area is 147 Å². The van der Waals surface area contributed by atoms with Crippen molar-refractivity contribution in [2.24, 2.45) is 0 Å². The van der Waals surface area contributed by atoms with Crippen LogP contribution in [0, 0.1) is 0 Å². The molecule has 0 fully saturated rings. The second-order valence-electron chi connectivity index (χ2n) is 5.57. The Morgan fingerprint density at radius 3 is 3.04 bits per heavy atom. The van der Waals surface area contributed by atoms with Gasteiger partial charge in [-0.15, -0.1) is 0 Å². The number of thioether (sulfide) groups is 1. The normalized spacial score (nSPS) is 18.9. The molecule has 3 N–H and O–H groups in total. The van der Waals surface area contributed by atoms with E-state index in [0.29, 0.717) is 12.2 Å². The van der Waals surface area contributed by atoms with Crippen molar-refractivity contribution in [1.82, 2.24) is 15.2 Å². The molecule has 0 radical (unpaired) electrons. The Morgan fingerprint density at radius 2 is 2.20 bits per heavy atom. The molecule has 7 nitrogen and oxygen atoms in total. The molecule has 3 heterocycles. The van der Waals surface area contributed by atoms with E-state index in [1.807, 2.05) is 30.3 Å². The summed E-state index contributed by atoms with van der Waals surface area (Å²) in [6.45, 7) is 0.335.